The van der Waals surface area contributed by atoms with Crippen LogP contribution in [0.2, 0.25) is 0 Å². The van der Waals surface area contributed by atoms with Crippen LogP contribution in [0.25, 0.3) is 10.8 Å². The fourth-order valence-electron chi connectivity index (χ4n) is 3.65. The first-order valence-electron chi connectivity index (χ1n) is 8.82. The van der Waals surface area contributed by atoms with Crippen molar-refractivity contribution in [2.45, 2.75) is 38.6 Å². The molecule has 0 bridgehead atoms. The molecule has 2 aromatic carbocycles. The molecule has 1 saturated heterocycles. The van der Waals surface area contributed by atoms with Gasteiger partial charge in [0.2, 0.25) is 0 Å². The molecule has 0 spiro atoms. The smallest absolute Gasteiger partial charge is 0.0354 e. The highest BCUT2D eigenvalue weighted by molar-refractivity contribution is 5.86. The summed E-state index contributed by atoms with van der Waals surface area (Å²) in [6.07, 6.45) is 5.10. The number of fused-ring (bicyclic) bond motifs is 1. The molecule has 0 radical (unpaired) electrons. The molecule has 1 aliphatic heterocycles. The lowest BCUT2D eigenvalue weighted by atomic mass is 9.94. The van der Waals surface area contributed by atoms with E-state index in [-0.39, 0.29) is 0 Å². The third-order valence-corrected chi connectivity index (χ3v) is 4.83. The molecular formula is C20H28N2. The van der Waals surface area contributed by atoms with Crippen LogP contribution in [0.5, 0.6) is 0 Å². The molecule has 1 atom stereocenters. The van der Waals surface area contributed by atoms with E-state index in [0.717, 1.165) is 19.6 Å². The maximum atomic E-state index is 3.54. The number of hydrogen-bond donors (Lipinski definition) is 1. The Hall–Kier alpha value is -1.38. The van der Waals surface area contributed by atoms with E-state index in [9.17, 15) is 0 Å². The summed E-state index contributed by atoms with van der Waals surface area (Å²) in [5, 5.41) is 6.34. The summed E-state index contributed by atoms with van der Waals surface area (Å²) in [7, 11) is 0. The summed E-state index contributed by atoms with van der Waals surface area (Å²) in [4.78, 5) is 2.71. The van der Waals surface area contributed by atoms with Gasteiger partial charge in [-0.15, -0.1) is 0 Å². The van der Waals surface area contributed by atoms with Gasteiger partial charge < -0.3 is 5.32 Å². The predicted octanol–water partition coefficient (Wildman–Crippen LogP) is 4.37. The molecule has 0 aliphatic carbocycles. The van der Waals surface area contributed by atoms with Gasteiger partial charge in [0.25, 0.3) is 0 Å². The Labute approximate surface area is 134 Å². The van der Waals surface area contributed by atoms with Gasteiger partial charge in [-0.2, -0.15) is 0 Å². The second-order valence-corrected chi connectivity index (χ2v) is 6.37. The minimum absolute atomic E-state index is 0.561. The molecule has 118 valence electrons. The van der Waals surface area contributed by atoms with Gasteiger partial charge in [0.05, 0.1) is 0 Å². The molecule has 2 heteroatoms. The van der Waals surface area contributed by atoms with Gasteiger partial charge in [-0.3, -0.25) is 4.90 Å². The fourth-order valence-corrected chi connectivity index (χ4v) is 3.65. The van der Waals surface area contributed by atoms with Crippen LogP contribution in [0.3, 0.4) is 0 Å². The highest BCUT2D eigenvalue weighted by Crippen LogP contribution is 2.32. The average Bonchev–Trinajstić information content (AvgIpc) is 2.85. The van der Waals surface area contributed by atoms with Crippen LogP contribution >= 0.6 is 0 Å². The molecule has 1 fully saturated rings. The molecule has 1 unspecified atom stereocenters. The molecule has 0 amide bonds. The highest BCUT2D eigenvalue weighted by atomic mass is 15.2. The van der Waals surface area contributed by atoms with Gasteiger partial charge in [-0.25, -0.2) is 0 Å². The maximum absolute atomic E-state index is 3.54. The Morgan fingerprint density at radius 1 is 1.05 bits per heavy atom. The zero-order valence-corrected chi connectivity index (χ0v) is 13.7. The average molecular weight is 296 g/mol. The van der Waals surface area contributed by atoms with Crippen molar-refractivity contribution < 1.29 is 0 Å². The first kappa shape index (κ1) is 15.5. The fraction of sp³-hybridized carbons (Fsp3) is 0.500. The van der Waals surface area contributed by atoms with Crippen LogP contribution in [-0.2, 0) is 0 Å². The second-order valence-electron chi connectivity index (χ2n) is 6.37. The number of nitrogens with zero attached hydrogens (tertiary/aromatic N) is 1. The molecule has 1 N–H and O–H groups in total. The topological polar surface area (TPSA) is 15.3 Å². The Kier molecular flexibility index (Phi) is 5.47. The van der Waals surface area contributed by atoms with Crippen LogP contribution in [-0.4, -0.2) is 31.1 Å². The quantitative estimate of drug-likeness (QED) is 0.881. The van der Waals surface area contributed by atoms with Crippen LogP contribution in [0.1, 0.15) is 44.2 Å². The molecule has 1 aliphatic rings. The molecular weight excluding hydrogens is 268 g/mol. The minimum Gasteiger partial charge on any atom is -0.315 e. The first-order chi connectivity index (χ1) is 10.9. The van der Waals surface area contributed by atoms with Gasteiger partial charge >= 0.3 is 0 Å². The van der Waals surface area contributed by atoms with Crippen molar-refractivity contribution in [1.82, 2.24) is 10.2 Å². The van der Waals surface area contributed by atoms with E-state index < -0.39 is 0 Å². The van der Waals surface area contributed by atoms with Gasteiger partial charge in [-0.1, -0.05) is 62.2 Å². The summed E-state index contributed by atoms with van der Waals surface area (Å²) >= 11 is 0. The van der Waals surface area contributed by atoms with Crippen molar-refractivity contribution in [1.29, 1.82) is 0 Å². The number of benzene rings is 2. The maximum Gasteiger partial charge on any atom is 0.0354 e. The van der Waals surface area contributed by atoms with E-state index in [0.29, 0.717) is 6.04 Å². The lowest BCUT2D eigenvalue weighted by molar-refractivity contribution is 0.198. The van der Waals surface area contributed by atoms with Gasteiger partial charge in [0.1, 0.15) is 0 Å². The summed E-state index contributed by atoms with van der Waals surface area (Å²) in [6.45, 7) is 6.95. The summed E-state index contributed by atoms with van der Waals surface area (Å²) in [5.74, 6) is 0. The van der Waals surface area contributed by atoms with Crippen LogP contribution in [0.15, 0.2) is 42.5 Å². The number of rotatable bonds is 5. The molecule has 0 saturated carbocycles. The molecule has 2 nitrogen and oxygen atoms in total. The highest BCUT2D eigenvalue weighted by Gasteiger charge is 2.22. The van der Waals surface area contributed by atoms with Crippen molar-refractivity contribution in [2.75, 3.05) is 26.2 Å². The predicted molar refractivity (Wildman–Crippen MR) is 95.3 cm³/mol. The molecule has 1 heterocycles. The monoisotopic (exact) mass is 296 g/mol. The van der Waals surface area contributed by atoms with E-state index in [2.05, 4.69) is 59.6 Å². The number of hydrogen-bond acceptors (Lipinski definition) is 2. The van der Waals surface area contributed by atoms with Crippen LogP contribution < -0.4 is 5.32 Å². The summed E-state index contributed by atoms with van der Waals surface area (Å²) in [6, 6.07) is 16.2. The molecule has 22 heavy (non-hydrogen) atoms. The Balaban J connectivity index is 1.95. The lowest BCUT2D eigenvalue weighted by Gasteiger charge is -2.31. The lowest BCUT2D eigenvalue weighted by Crippen LogP contribution is -2.32. The molecule has 0 aromatic heterocycles. The molecule has 3 rings (SSSR count). The third-order valence-electron chi connectivity index (χ3n) is 4.83. The normalized spacial score (nSPS) is 18.2. The van der Waals surface area contributed by atoms with Crippen LogP contribution in [0, 0.1) is 0 Å². The second kappa shape index (κ2) is 7.75. The zero-order valence-electron chi connectivity index (χ0n) is 13.7. The van der Waals surface area contributed by atoms with E-state index in [1.807, 2.05) is 0 Å². The van der Waals surface area contributed by atoms with E-state index in [1.54, 1.807) is 0 Å². The van der Waals surface area contributed by atoms with Gasteiger partial charge in [0, 0.05) is 25.7 Å². The Morgan fingerprint density at radius 2 is 1.91 bits per heavy atom. The van der Waals surface area contributed by atoms with Gasteiger partial charge in [0.15, 0.2) is 0 Å². The zero-order chi connectivity index (χ0) is 15.2. The van der Waals surface area contributed by atoms with Crippen molar-refractivity contribution in [3.8, 4) is 0 Å². The van der Waals surface area contributed by atoms with Gasteiger partial charge in [-0.05, 0) is 35.7 Å². The Morgan fingerprint density at radius 3 is 2.82 bits per heavy atom. The van der Waals surface area contributed by atoms with Crippen molar-refractivity contribution in [2.24, 2.45) is 0 Å². The third kappa shape index (κ3) is 3.50. The number of nitrogens with one attached hydrogen (secondary N) is 1. The summed E-state index contributed by atoms with van der Waals surface area (Å²) < 4.78 is 0. The standard InChI is InChI=1S/C20H28N2/c1-2-3-12-20(22-15-7-13-21-14-16-22)19-11-6-9-17-8-4-5-10-18(17)19/h4-6,8-11,20-21H,2-3,7,12-16H2,1H3. The number of unbranched alkanes of at least 4 members (excludes halogenated alkanes) is 1. The van der Waals surface area contributed by atoms with E-state index in [1.165, 1.54) is 48.6 Å². The van der Waals surface area contributed by atoms with Crippen molar-refractivity contribution in [3.05, 3.63) is 48.0 Å². The first-order valence-corrected chi connectivity index (χ1v) is 8.82. The van der Waals surface area contributed by atoms with Crippen molar-refractivity contribution >= 4 is 10.8 Å². The Bertz CT molecular complexity index is 580. The molecule has 2 aromatic rings. The summed E-state index contributed by atoms with van der Waals surface area (Å²) in [5.41, 5.74) is 1.52. The SMILES string of the molecule is CCCCC(c1cccc2ccccc12)N1CCCNCC1. The van der Waals surface area contributed by atoms with Crippen molar-refractivity contribution in [3.63, 3.8) is 0 Å². The van der Waals surface area contributed by atoms with E-state index >= 15 is 0 Å². The van der Waals surface area contributed by atoms with E-state index in [4.69, 9.17) is 0 Å². The minimum atomic E-state index is 0.561. The largest absolute Gasteiger partial charge is 0.315 e. The van der Waals surface area contributed by atoms with Crippen LogP contribution in [0.4, 0.5) is 0 Å².